The number of rotatable bonds is 2. The molecule has 0 bridgehead atoms. The largest absolute Gasteiger partial charge is 0.445 e. The summed E-state index contributed by atoms with van der Waals surface area (Å²) in [5, 5.41) is 1.04. The third kappa shape index (κ3) is 2.06. The van der Waals surface area contributed by atoms with Crippen molar-refractivity contribution in [1.82, 2.24) is 4.98 Å². The first-order valence-corrected chi connectivity index (χ1v) is 8.80. The van der Waals surface area contributed by atoms with E-state index in [4.69, 9.17) is 32.5 Å². The maximum atomic E-state index is 11.7. The monoisotopic (exact) mass is 361 g/mol. The van der Waals surface area contributed by atoms with E-state index < -0.39 is 5.91 Å². The van der Waals surface area contributed by atoms with Crippen molar-refractivity contribution < 1.29 is 9.21 Å². The number of pyridine rings is 1. The van der Waals surface area contributed by atoms with E-state index in [1.807, 2.05) is 6.07 Å². The summed E-state index contributed by atoms with van der Waals surface area (Å²) in [7, 11) is 0. The van der Waals surface area contributed by atoms with E-state index in [9.17, 15) is 4.79 Å². The number of nitrogens with two attached hydrogens (primary N) is 2. The van der Waals surface area contributed by atoms with Crippen LogP contribution in [0.15, 0.2) is 16.5 Å². The van der Waals surface area contributed by atoms with E-state index >= 15 is 0 Å². The lowest BCUT2D eigenvalue weighted by Gasteiger charge is -2.18. The van der Waals surface area contributed by atoms with Gasteiger partial charge in [0.15, 0.2) is 5.22 Å². The summed E-state index contributed by atoms with van der Waals surface area (Å²) in [6, 6.07) is 3.52. The van der Waals surface area contributed by atoms with Crippen molar-refractivity contribution in [3.63, 3.8) is 0 Å². The van der Waals surface area contributed by atoms with Gasteiger partial charge in [-0.25, -0.2) is 4.98 Å². The molecule has 3 aromatic heterocycles. The normalized spacial score (nSPS) is 15.8. The van der Waals surface area contributed by atoms with Gasteiger partial charge in [0, 0.05) is 16.4 Å². The number of aromatic nitrogens is 1. The summed E-state index contributed by atoms with van der Waals surface area (Å²) in [6.45, 7) is 4.34. The van der Waals surface area contributed by atoms with Crippen molar-refractivity contribution in [1.29, 1.82) is 0 Å². The molecule has 0 radical (unpaired) electrons. The summed E-state index contributed by atoms with van der Waals surface area (Å²) in [5.41, 5.74) is 15.0. The van der Waals surface area contributed by atoms with Gasteiger partial charge in [-0.15, -0.1) is 11.3 Å². The molecule has 3 aromatic rings. The number of thiophene rings is 1. The predicted octanol–water partition coefficient (Wildman–Crippen LogP) is 4.11. The lowest BCUT2D eigenvalue weighted by Crippen LogP contribution is -2.14. The minimum absolute atomic E-state index is 0.0414. The SMILES string of the molecule is CC1(C)CCc2c1nc1sc(C(N)=O)c(N)c1c2-c1ccc(Cl)o1. The maximum absolute atomic E-state index is 11.7. The Balaban J connectivity index is 2.16. The molecular formula is C17H16ClN3O2S. The average Bonchev–Trinajstić information content (AvgIpc) is 3.16. The highest BCUT2D eigenvalue weighted by Crippen LogP contribution is 2.48. The van der Waals surface area contributed by atoms with Gasteiger partial charge in [-0.05, 0) is 42.1 Å². The van der Waals surface area contributed by atoms with Crippen LogP contribution in [0.5, 0.6) is 0 Å². The molecule has 0 fully saturated rings. The van der Waals surface area contributed by atoms with Crippen LogP contribution in [0.25, 0.3) is 21.5 Å². The first-order chi connectivity index (χ1) is 11.3. The number of amides is 1. The summed E-state index contributed by atoms with van der Waals surface area (Å²) in [5.74, 6) is 0.0974. The predicted molar refractivity (Wildman–Crippen MR) is 96.6 cm³/mol. The number of primary amides is 1. The third-order valence-corrected chi connectivity index (χ3v) is 5.98. The Labute approximate surface area is 147 Å². The average molecular weight is 362 g/mol. The lowest BCUT2D eigenvalue weighted by molar-refractivity contribution is 0.100. The lowest BCUT2D eigenvalue weighted by atomic mass is 9.89. The van der Waals surface area contributed by atoms with E-state index in [1.165, 1.54) is 11.3 Å². The summed E-state index contributed by atoms with van der Waals surface area (Å²) >= 11 is 7.21. The van der Waals surface area contributed by atoms with Crippen LogP contribution in [-0.4, -0.2) is 10.9 Å². The number of hydrogen-bond donors (Lipinski definition) is 2. The van der Waals surface area contributed by atoms with E-state index in [1.54, 1.807) is 6.07 Å². The fourth-order valence-corrected chi connectivity index (χ4v) is 4.56. The highest BCUT2D eigenvalue weighted by Gasteiger charge is 2.36. The number of anilines is 1. The number of carbonyl (C=O) groups is 1. The molecule has 0 unspecified atom stereocenters. The molecular weight excluding hydrogens is 346 g/mol. The zero-order valence-electron chi connectivity index (χ0n) is 13.3. The Kier molecular flexibility index (Phi) is 3.21. The minimum atomic E-state index is -0.543. The Hall–Kier alpha value is -2.05. The van der Waals surface area contributed by atoms with Crippen LogP contribution in [0.2, 0.25) is 5.22 Å². The van der Waals surface area contributed by atoms with Gasteiger partial charge in [-0.2, -0.15) is 0 Å². The Morgan fingerprint density at radius 2 is 2.17 bits per heavy atom. The highest BCUT2D eigenvalue weighted by molar-refractivity contribution is 7.21. The zero-order valence-corrected chi connectivity index (χ0v) is 14.8. The molecule has 0 saturated carbocycles. The van der Waals surface area contributed by atoms with Crippen molar-refractivity contribution in [2.45, 2.75) is 32.1 Å². The second-order valence-corrected chi connectivity index (χ2v) is 8.06. The van der Waals surface area contributed by atoms with Crippen LogP contribution >= 0.6 is 22.9 Å². The van der Waals surface area contributed by atoms with Gasteiger partial charge >= 0.3 is 0 Å². The van der Waals surface area contributed by atoms with Crippen molar-refractivity contribution in [3.8, 4) is 11.3 Å². The first-order valence-electron chi connectivity index (χ1n) is 7.60. The van der Waals surface area contributed by atoms with Gasteiger partial charge < -0.3 is 15.9 Å². The molecule has 1 amide bonds. The van der Waals surface area contributed by atoms with Gasteiger partial charge in [0.2, 0.25) is 0 Å². The van der Waals surface area contributed by atoms with Gasteiger partial charge in [0.1, 0.15) is 15.5 Å². The maximum Gasteiger partial charge on any atom is 0.260 e. The molecule has 4 rings (SSSR count). The van der Waals surface area contributed by atoms with Crippen molar-refractivity contribution in [2.24, 2.45) is 5.73 Å². The van der Waals surface area contributed by atoms with Crippen LogP contribution in [0.1, 0.15) is 41.2 Å². The molecule has 7 heteroatoms. The van der Waals surface area contributed by atoms with Gasteiger partial charge in [0.25, 0.3) is 5.91 Å². The Morgan fingerprint density at radius 3 is 2.79 bits per heavy atom. The van der Waals surface area contributed by atoms with Gasteiger partial charge in [-0.1, -0.05) is 13.8 Å². The molecule has 1 aliphatic carbocycles. The smallest absolute Gasteiger partial charge is 0.260 e. The number of fused-ring (bicyclic) bond motifs is 2. The summed E-state index contributed by atoms with van der Waals surface area (Å²) in [6.07, 6.45) is 1.87. The zero-order chi connectivity index (χ0) is 17.2. The molecule has 24 heavy (non-hydrogen) atoms. The van der Waals surface area contributed by atoms with Gasteiger partial charge in [-0.3, -0.25) is 4.79 Å². The molecule has 4 N–H and O–H groups in total. The number of carbonyl (C=O) groups excluding carboxylic acids is 1. The molecule has 0 atom stereocenters. The second kappa shape index (κ2) is 4.97. The second-order valence-electron chi connectivity index (χ2n) is 6.69. The van der Waals surface area contributed by atoms with E-state index in [0.29, 0.717) is 26.4 Å². The topological polar surface area (TPSA) is 95.1 Å². The molecule has 3 heterocycles. The minimum Gasteiger partial charge on any atom is -0.445 e. The number of nitrogens with zero attached hydrogens (tertiary/aromatic N) is 1. The van der Waals surface area contributed by atoms with Crippen molar-refractivity contribution in [3.05, 3.63) is 33.5 Å². The van der Waals surface area contributed by atoms with E-state index in [0.717, 1.165) is 35.0 Å². The van der Waals surface area contributed by atoms with Crippen molar-refractivity contribution >= 4 is 44.7 Å². The molecule has 0 aliphatic heterocycles. The molecule has 0 saturated heterocycles. The standard InChI is InChI=1S/C17H16ClN3O2S/c1-17(2)6-5-7-10(8-3-4-9(18)23-8)11-12(19)13(15(20)22)24-16(11)21-14(7)17/h3-4H,5-6,19H2,1-2H3,(H2,20,22). The molecule has 0 spiro atoms. The number of halogens is 1. The number of furan rings is 1. The first kappa shape index (κ1) is 15.5. The van der Waals surface area contributed by atoms with Gasteiger partial charge in [0.05, 0.1) is 11.4 Å². The number of hydrogen-bond acceptors (Lipinski definition) is 5. The molecule has 124 valence electrons. The van der Waals surface area contributed by atoms with Crippen LogP contribution in [-0.2, 0) is 11.8 Å². The summed E-state index contributed by atoms with van der Waals surface area (Å²) in [4.78, 5) is 17.6. The third-order valence-electron chi connectivity index (χ3n) is 4.66. The fraction of sp³-hybridized carbons (Fsp3) is 0.294. The molecule has 0 aromatic carbocycles. The molecule has 5 nitrogen and oxygen atoms in total. The van der Waals surface area contributed by atoms with E-state index in [-0.39, 0.29) is 5.41 Å². The van der Waals surface area contributed by atoms with Crippen molar-refractivity contribution in [2.75, 3.05) is 5.73 Å². The number of nitrogen functional groups attached to an aromatic ring is 1. The van der Waals surface area contributed by atoms with Crippen LogP contribution in [0, 0.1) is 0 Å². The van der Waals surface area contributed by atoms with Crippen LogP contribution < -0.4 is 11.5 Å². The Bertz CT molecular complexity index is 1000. The highest BCUT2D eigenvalue weighted by atomic mass is 35.5. The molecule has 1 aliphatic rings. The fourth-order valence-electron chi connectivity index (χ4n) is 3.45. The van der Waals surface area contributed by atoms with Crippen LogP contribution in [0.3, 0.4) is 0 Å². The quantitative estimate of drug-likeness (QED) is 0.717. The summed E-state index contributed by atoms with van der Waals surface area (Å²) < 4.78 is 5.67. The van der Waals surface area contributed by atoms with Crippen LogP contribution in [0.4, 0.5) is 5.69 Å². The van der Waals surface area contributed by atoms with E-state index in [2.05, 4.69) is 13.8 Å². The Morgan fingerprint density at radius 1 is 1.42 bits per heavy atom.